The molecule has 2 unspecified atom stereocenters. The van der Waals surface area contributed by atoms with Crippen LogP contribution in [0, 0.1) is 5.92 Å². The second-order valence-corrected chi connectivity index (χ2v) is 7.33. The van der Waals surface area contributed by atoms with Gasteiger partial charge in [0.25, 0.3) is 0 Å². The fourth-order valence-electron chi connectivity index (χ4n) is 1.72. The van der Waals surface area contributed by atoms with E-state index in [0.717, 1.165) is 12.8 Å². The summed E-state index contributed by atoms with van der Waals surface area (Å²) in [5.74, 6) is 1.05. The maximum absolute atomic E-state index is 11.6. The Balaban J connectivity index is 4.01. The van der Waals surface area contributed by atoms with Gasteiger partial charge in [0.15, 0.2) is 0 Å². The second kappa shape index (κ2) is 7.28. The number of hydrogen-bond acceptors (Lipinski definition) is 3. The van der Waals surface area contributed by atoms with Crippen molar-refractivity contribution >= 4 is 9.84 Å². The van der Waals surface area contributed by atoms with Gasteiger partial charge in [0.1, 0.15) is 9.84 Å². The van der Waals surface area contributed by atoms with Crippen LogP contribution in [0.5, 0.6) is 0 Å². The predicted molar refractivity (Wildman–Crippen MR) is 70.5 cm³/mol. The molecule has 2 atom stereocenters. The monoisotopic (exact) mass is 249 g/mol. The Morgan fingerprint density at radius 3 is 2.06 bits per heavy atom. The van der Waals surface area contributed by atoms with Crippen LogP contribution in [-0.4, -0.2) is 32.0 Å². The van der Waals surface area contributed by atoms with E-state index in [9.17, 15) is 8.42 Å². The number of sulfone groups is 1. The third-order valence-corrected chi connectivity index (χ3v) is 4.74. The van der Waals surface area contributed by atoms with Crippen molar-refractivity contribution < 1.29 is 8.42 Å². The molecule has 0 spiro atoms. The molecule has 16 heavy (non-hydrogen) atoms. The lowest BCUT2D eigenvalue weighted by Gasteiger charge is -2.23. The second-order valence-electron chi connectivity index (χ2n) is 5.03. The molecule has 0 radical (unpaired) electrons. The zero-order valence-electron chi connectivity index (χ0n) is 11.3. The molecule has 0 aliphatic heterocycles. The molecule has 0 heterocycles. The van der Waals surface area contributed by atoms with Gasteiger partial charge in [-0.1, -0.05) is 27.7 Å². The van der Waals surface area contributed by atoms with Crippen LogP contribution in [0.15, 0.2) is 0 Å². The van der Waals surface area contributed by atoms with Gasteiger partial charge in [-0.2, -0.15) is 0 Å². The Bertz CT molecular complexity index is 273. The molecule has 0 aromatic rings. The third kappa shape index (κ3) is 7.23. The highest BCUT2D eigenvalue weighted by molar-refractivity contribution is 7.91. The molecule has 0 amide bonds. The molecule has 0 saturated heterocycles. The minimum Gasteiger partial charge on any atom is -0.312 e. The van der Waals surface area contributed by atoms with Crippen LogP contribution in [0.2, 0.25) is 0 Å². The molecular formula is C12H27NO2S. The summed E-state index contributed by atoms with van der Waals surface area (Å²) in [6.45, 7) is 10.4. The molecule has 0 bridgehead atoms. The van der Waals surface area contributed by atoms with Crippen molar-refractivity contribution in [2.75, 3.05) is 11.5 Å². The van der Waals surface area contributed by atoms with Crippen LogP contribution in [-0.2, 0) is 9.84 Å². The molecule has 4 heteroatoms. The highest BCUT2D eigenvalue weighted by atomic mass is 32.2. The zero-order valence-corrected chi connectivity index (χ0v) is 12.1. The Morgan fingerprint density at radius 2 is 1.62 bits per heavy atom. The first-order valence-electron chi connectivity index (χ1n) is 6.25. The van der Waals surface area contributed by atoms with E-state index >= 15 is 0 Å². The molecule has 0 saturated carbocycles. The number of nitrogens with one attached hydrogen (secondary N) is 1. The topological polar surface area (TPSA) is 46.2 Å². The number of hydrogen-bond donors (Lipinski definition) is 1. The van der Waals surface area contributed by atoms with Crippen molar-refractivity contribution in [3.8, 4) is 0 Å². The van der Waals surface area contributed by atoms with Gasteiger partial charge in [-0.05, 0) is 25.7 Å². The fraction of sp³-hybridized carbons (Fsp3) is 1.00. The van der Waals surface area contributed by atoms with Gasteiger partial charge >= 0.3 is 0 Å². The Morgan fingerprint density at radius 1 is 1.06 bits per heavy atom. The van der Waals surface area contributed by atoms with Gasteiger partial charge < -0.3 is 5.32 Å². The van der Waals surface area contributed by atoms with Gasteiger partial charge in [0, 0.05) is 17.8 Å². The van der Waals surface area contributed by atoms with E-state index in [0.29, 0.717) is 29.5 Å². The molecule has 98 valence electrons. The fourth-order valence-corrected chi connectivity index (χ4v) is 3.28. The first-order valence-corrected chi connectivity index (χ1v) is 8.07. The zero-order chi connectivity index (χ0) is 12.8. The van der Waals surface area contributed by atoms with E-state index in [-0.39, 0.29) is 0 Å². The van der Waals surface area contributed by atoms with Crippen molar-refractivity contribution in [2.45, 2.75) is 59.5 Å². The number of rotatable bonds is 8. The van der Waals surface area contributed by atoms with Crippen molar-refractivity contribution in [3.05, 3.63) is 0 Å². The Kier molecular flexibility index (Phi) is 7.24. The summed E-state index contributed by atoms with van der Waals surface area (Å²) in [5.41, 5.74) is 0. The highest BCUT2D eigenvalue weighted by Gasteiger charge is 2.16. The van der Waals surface area contributed by atoms with Gasteiger partial charge in [-0.25, -0.2) is 8.42 Å². The lowest BCUT2D eigenvalue weighted by Crippen LogP contribution is -2.37. The quantitative estimate of drug-likeness (QED) is 0.717. The Hall–Kier alpha value is -0.0900. The summed E-state index contributed by atoms with van der Waals surface area (Å²) in [5, 5.41) is 3.42. The lowest BCUT2D eigenvalue weighted by molar-refractivity contribution is 0.366. The average Bonchev–Trinajstić information content (AvgIpc) is 2.13. The van der Waals surface area contributed by atoms with Crippen LogP contribution in [0.3, 0.4) is 0 Å². The molecule has 0 aliphatic rings. The lowest BCUT2D eigenvalue weighted by atomic mass is 10.0. The minimum atomic E-state index is -2.82. The maximum Gasteiger partial charge on any atom is 0.150 e. The van der Waals surface area contributed by atoms with Crippen LogP contribution < -0.4 is 5.32 Å². The van der Waals surface area contributed by atoms with Crippen molar-refractivity contribution in [3.63, 3.8) is 0 Å². The van der Waals surface area contributed by atoms with Crippen molar-refractivity contribution in [1.82, 2.24) is 5.32 Å². The van der Waals surface area contributed by atoms with Gasteiger partial charge in [-0.3, -0.25) is 0 Å². The van der Waals surface area contributed by atoms with Crippen molar-refractivity contribution in [1.29, 1.82) is 0 Å². The van der Waals surface area contributed by atoms with E-state index in [1.807, 2.05) is 6.92 Å². The van der Waals surface area contributed by atoms with E-state index < -0.39 is 9.84 Å². The first-order chi connectivity index (χ1) is 7.28. The first kappa shape index (κ1) is 15.9. The van der Waals surface area contributed by atoms with Gasteiger partial charge in [0.05, 0.1) is 5.75 Å². The predicted octanol–water partition coefficient (Wildman–Crippen LogP) is 2.22. The summed E-state index contributed by atoms with van der Waals surface area (Å²) in [7, 11) is -2.82. The summed E-state index contributed by atoms with van der Waals surface area (Å²) in [6.07, 6.45) is 1.47. The van der Waals surface area contributed by atoms with E-state index in [4.69, 9.17) is 0 Å². The molecule has 0 aromatic heterocycles. The average molecular weight is 249 g/mol. The largest absolute Gasteiger partial charge is 0.312 e. The van der Waals surface area contributed by atoms with E-state index in [1.165, 1.54) is 0 Å². The smallest absolute Gasteiger partial charge is 0.150 e. The maximum atomic E-state index is 11.6. The molecule has 1 N–H and O–H groups in total. The van der Waals surface area contributed by atoms with Crippen LogP contribution in [0.4, 0.5) is 0 Å². The molecule has 0 aromatic carbocycles. The van der Waals surface area contributed by atoms with Crippen LogP contribution in [0.25, 0.3) is 0 Å². The van der Waals surface area contributed by atoms with Gasteiger partial charge in [-0.15, -0.1) is 0 Å². The van der Waals surface area contributed by atoms with E-state index in [1.54, 1.807) is 0 Å². The van der Waals surface area contributed by atoms with Crippen LogP contribution in [0.1, 0.15) is 47.5 Å². The molecule has 3 nitrogen and oxygen atoms in total. The molecule has 0 aliphatic carbocycles. The summed E-state index contributed by atoms with van der Waals surface area (Å²) in [6, 6.07) is 0.821. The third-order valence-electron chi connectivity index (χ3n) is 2.85. The summed E-state index contributed by atoms with van der Waals surface area (Å²) in [4.78, 5) is 0. The summed E-state index contributed by atoms with van der Waals surface area (Å²) >= 11 is 0. The summed E-state index contributed by atoms with van der Waals surface area (Å²) < 4.78 is 23.1. The molecule has 0 fully saturated rings. The Labute approximate surface area is 101 Å². The van der Waals surface area contributed by atoms with E-state index in [2.05, 4.69) is 33.0 Å². The van der Waals surface area contributed by atoms with Crippen molar-refractivity contribution in [2.24, 2.45) is 5.92 Å². The SMILES string of the molecule is CCCS(=O)(=O)CCC(C)C(C)NC(C)C. The highest BCUT2D eigenvalue weighted by Crippen LogP contribution is 2.11. The molecule has 0 rings (SSSR count). The normalized spacial score (nSPS) is 16.4. The molecular weight excluding hydrogens is 222 g/mol. The van der Waals surface area contributed by atoms with Crippen LogP contribution >= 0.6 is 0 Å². The standard InChI is InChI=1S/C12H27NO2S/c1-6-8-16(14,15)9-7-11(4)12(5)13-10(2)3/h10-13H,6-9H2,1-5H3. The minimum absolute atomic E-state index is 0.325. The van der Waals surface area contributed by atoms with Gasteiger partial charge in [0.2, 0.25) is 0 Å².